The van der Waals surface area contributed by atoms with Crippen molar-refractivity contribution in [2.75, 3.05) is 17.1 Å². The summed E-state index contributed by atoms with van der Waals surface area (Å²) in [6.45, 7) is 0. The Morgan fingerprint density at radius 3 is 2.40 bits per heavy atom. The summed E-state index contributed by atoms with van der Waals surface area (Å²) in [5, 5.41) is 3.44. The summed E-state index contributed by atoms with van der Waals surface area (Å²) in [4.78, 5) is 4.02. The van der Waals surface area contributed by atoms with Gasteiger partial charge >= 0.3 is 0 Å². The first kappa shape index (κ1) is 14.9. The first-order valence-corrected chi connectivity index (χ1v) is 7.78. The first-order chi connectivity index (χ1) is 9.42. The molecule has 0 unspecified atom stereocenters. The molecule has 106 valence electrons. The highest BCUT2D eigenvalue weighted by atomic mass is 35.5. The molecule has 0 aliphatic carbocycles. The van der Waals surface area contributed by atoms with Crippen LogP contribution in [0.15, 0.2) is 41.4 Å². The van der Waals surface area contributed by atoms with E-state index in [2.05, 4.69) is 15.0 Å². The lowest BCUT2D eigenvalue weighted by Crippen LogP contribution is -2.13. The third-order valence-corrected chi connectivity index (χ3v) is 4.58. The van der Waals surface area contributed by atoms with Crippen LogP contribution in [0.3, 0.4) is 0 Å². The molecule has 0 bridgehead atoms. The molecule has 2 N–H and O–H groups in total. The van der Waals surface area contributed by atoms with Crippen LogP contribution in [0, 0.1) is 0 Å². The van der Waals surface area contributed by atoms with E-state index in [1.165, 1.54) is 30.5 Å². The molecule has 5 nitrogen and oxygen atoms in total. The second-order valence-electron chi connectivity index (χ2n) is 3.86. The van der Waals surface area contributed by atoms with Gasteiger partial charge in [-0.15, -0.1) is 0 Å². The minimum absolute atomic E-state index is 0.0579. The van der Waals surface area contributed by atoms with Gasteiger partial charge in [0.2, 0.25) is 0 Å². The van der Waals surface area contributed by atoms with Crippen LogP contribution in [-0.2, 0) is 10.0 Å². The number of anilines is 2. The van der Waals surface area contributed by atoms with Gasteiger partial charge in [0.15, 0.2) is 0 Å². The second kappa shape index (κ2) is 5.87. The molecule has 0 spiro atoms. The number of sulfonamides is 1. The van der Waals surface area contributed by atoms with Gasteiger partial charge in [0.25, 0.3) is 10.0 Å². The zero-order valence-corrected chi connectivity index (χ0v) is 12.7. The van der Waals surface area contributed by atoms with Crippen LogP contribution in [0.4, 0.5) is 11.5 Å². The number of rotatable bonds is 4. The molecule has 2 rings (SSSR count). The maximum absolute atomic E-state index is 12.1. The molecule has 0 radical (unpaired) electrons. The van der Waals surface area contributed by atoms with E-state index in [0.717, 1.165) is 0 Å². The third kappa shape index (κ3) is 3.33. The summed E-state index contributed by atoms with van der Waals surface area (Å²) >= 11 is 11.6. The number of nitrogens with one attached hydrogen (secondary N) is 2. The van der Waals surface area contributed by atoms with Gasteiger partial charge in [0.1, 0.15) is 10.7 Å². The molecule has 8 heteroatoms. The molecule has 1 aromatic carbocycles. The predicted octanol–water partition coefficient (Wildman–Crippen LogP) is 3.23. The highest BCUT2D eigenvalue weighted by molar-refractivity contribution is 7.92. The fourth-order valence-electron chi connectivity index (χ4n) is 1.46. The van der Waals surface area contributed by atoms with Crippen LogP contribution in [0.5, 0.6) is 0 Å². The normalized spacial score (nSPS) is 11.2. The molecular weight excluding hydrogens is 321 g/mol. The molecule has 0 fully saturated rings. The number of benzene rings is 1. The van der Waals surface area contributed by atoms with E-state index in [-0.39, 0.29) is 9.92 Å². The van der Waals surface area contributed by atoms with Crippen molar-refractivity contribution in [3.05, 3.63) is 46.6 Å². The zero-order valence-electron chi connectivity index (χ0n) is 10.4. The van der Waals surface area contributed by atoms with E-state index >= 15 is 0 Å². The maximum atomic E-state index is 12.1. The monoisotopic (exact) mass is 331 g/mol. The Balaban J connectivity index is 2.27. The van der Waals surface area contributed by atoms with Gasteiger partial charge in [0.05, 0.1) is 15.7 Å². The van der Waals surface area contributed by atoms with Crippen LogP contribution >= 0.6 is 23.2 Å². The summed E-state index contributed by atoms with van der Waals surface area (Å²) in [5.74, 6) is 0.582. The quantitative estimate of drug-likeness (QED) is 0.902. The van der Waals surface area contributed by atoms with E-state index in [1.807, 2.05) is 0 Å². The van der Waals surface area contributed by atoms with E-state index < -0.39 is 10.0 Å². The number of pyridine rings is 1. The highest BCUT2D eigenvalue weighted by Gasteiger charge is 2.15. The molecule has 1 heterocycles. The van der Waals surface area contributed by atoms with Crippen molar-refractivity contribution >= 4 is 44.7 Å². The van der Waals surface area contributed by atoms with Crippen LogP contribution in [-0.4, -0.2) is 20.4 Å². The number of aromatic nitrogens is 1. The van der Waals surface area contributed by atoms with Crippen molar-refractivity contribution in [2.45, 2.75) is 4.90 Å². The molecule has 0 amide bonds. The Labute approximate surface area is 127 Å². The second-order valence-corrected chi connectivity index (χ2v) is 6.36. The molecule has 2 aromatic rings. The van der Waals surface area contributed by atoms with E-state index in [9.17, 15) is 8.42 Å². The Hall–Kier alpha value is -1.50. The number of halogens is 2. The maximum Gasteiger partial charge on any atom is 0.263 e. The largest absolute Gasteiger partial charge is 0.373 e. The van der Waals surface area contributed by atoms with Gasteiger partial charge in [0, 0.05) is 13.2 Å². The third-order valence-electron chi connectivity index (χ3n) is 2.47. The summed E-state index contributed by atoms with van der Waals surface area (Å²) in [5.41, 5.74) is 0.331. The van der Waals surface area contributed by atoms with Gasteiger partial charge in [-0.1, -0.05) is 23.2 Å². The van der Waals surface area contributed by atoms with Crippen LogP contribution in [0.1, 0.15) is 0 Å². The van der Waals surface area contributed by atoms with Gasteiger partial charge in [-0.25, -0.2) is 13.4 Å². The van der Waals surface area contributed by atoms with E-state index in [4.69, 9.17) is 23.2 Å². The van der Waals surface area contributed by atoms with Crippen LogP contribution in [0.25, 0.3) is 0 Å². The van der Waals surface area contributed by atoms with Gasteiger partial charge < -0.3 is 5.32 Å². The lowest BCUT2D eigenvalue weighted by Gasteiger charge is -2.09. The van der Waals surface area contributed by atoms with Crippen molar-refractivity contribution in [3.63, 3.8) is 0 Å². The first-order valence-electron chi connectivity index (χ1n) is 5.54. The lowest BCUT2D eigenvalue weighted by atomic mass is 10.3. The Morgan fingerprint density at radius 1 is 1.10 bits per heavy atom. The fraction of sp³-hybridized carbons (Fsp3) is 0.0833. The lowest BCUT2D eigenvalue weighted by molar-refractivity contribution is 0.601. The fourth-order valence-corrected chi connectivity index (χ4v) is 2.75. The Morgan fingerprint density at radius 2 is 1.85 bits per heavy atom. The summed E-state index contributed by atoms with van der Waals surface area (Å²) in [7, 11) is -2.01. The molecule has 0 saturated carbocycles. The smallest absolute Gasteiger partial charge is 0.263 e. The van der Waals surface area contributed by atoms with Gasteiger partial charge in [-0.05, 0) is 30.3 Å². The molecule has 0 aliphatic heterocycles. The Kier molecular flexibility index (Phi) is 4.37. The minimum atomic E-state index is -3.71. The standard InChI is InChI=1S/C12H11Cl2N3O2S/c1-15-12-5-3-9(7-16-12)20(18,19)17-8-2-4-10(13)11(14)6-8/h2-7,17H,1H3,(H,15,16). The average molecular weight is 332 g/mol. The summed E-state index contributed by atoms with van der Waals surface area (Å²) < 4.78 is 26.7. The topological polar surface area (TPSA) is 71.1 Å². The molecular formula is C12H11Cl2N3O2S. The number of hydrogen-bond donors (Lipinski definition) is 2. The molecule has 0 aliphatic rings. The minimum Gasteiger partial charge on any atom is -0.373 e. The molecule has 20 heavy (non-hydrogen) atoms. The SMILES string of the molecule is CNc1ccc(S(=O)(=O)Nc2ccc(Cl)c(Cl)c2)cn1. The van der Waals surface area contributed by atoms with Crippen molar-refractivity contribution in [1.29, 1.82) is 0 Å². The average Bonchev–Trinajstić information content (AvgIpc) is 2.43. The molecule has 0 saturated heterocycles. The zero-order chi connectivity index (χ0) is 14.8. The number of nitrogens with zero attached hydrogens (tertiary/aromatic N) is 1. The van der Waals surface area contributed by atoms with Crippen molar-refractivity contribution in [2.24, 2.45) is 0 Å². The Bertz CT molecular complexity index is 718. The van der Waals surface area contributed by atoms with Crippen molar-refractivity contribution < 1.29 is 8.42 Å². The van der Waals surface area contributed by atoms with Gasteiger partial charge in [-0.3, -0.25) is 4.72 Å². The summed E-state index contributed by atoms with van der Waals surface area (Å²) in [6, 6.07) is 7.52. The van der Waals surface area contributed by atoms with Crippen LogP contribution in [0.2, 0.25) is 10.0 Å². The van der Waals surface area contributed by atoms with Crippen molar-refractivity contribution in [1.82, 2.24) is 4.98 Å². The number of hydrogen-bond acceptors (Lipinski definition) is 4. The highest BCUT2D eigenvalue weighted by Crippen LogP contribution is 2.26. The van der Waals surface area contributed by atoms with Gasteiger partial charge in [-0.2, -0.15) is 0 Å². The van der Waals surface area contributed by atoms with Crippen LogP contribution < -0.4 is 10.0 Å². The molecule has 0 atom stereocenters. The molecule has 1 aromatic heterocycles. The summed E-state index contributed by atoms with van der Waals surface area (Å²) in [6.07, 6.45) is 1.27. The van der Waals surface area contributed by atoms with Crippen molar-refractivity contribution in [3.8, 4) is 0 Å². The predicted molar refractivity (Wildman–Crippen MR) is 81.1 cm³/mol. The van der Waals surface area contributed by atoms with E-state index in [0.29, 0.717) is 16.5 Å². The van der Waals surface area contributed by atoms with E-state index in [1.54, 1.807) is 13.1 Å².